The van der Waals surface area contributed by atoms with Crippen LogP contribution in [0.3, 0.4) is 0 Å². The number of benzene rings is 1. The lowest BCUT2D eigenvalue weighted by Gasteiger charge is -2.32. The van der Waals surface area contributed by atoms with Crippen molar-refractivity contribution in [3.8, 4) is 0 Å². The highest BCUT2D eigenvalue weighted by Crippen LogP contribution is 2.25. The highest BCUT2D eigenvalue weighted by Gasteiger charge is 2.27. The van der Waals surface area contributed by atoms with E-state index in [1.165, 1.54) is 6.07 Å². The molecule has 0 spiro atoms. The number of hydrogen-bond donors (Lipinski definition) is 1. The van der Waals surface area contributed by atoms with Gasteiger partial charge < -0.3 is 15.1 Å². The molecule has 0 radical (unpaired) electrons. The molecule has 0 bridgehead atoms. The van der Waals surface area contributed by atoms with Gasteiger partial charge in [-0.2, -0.15) is 0 Å². The van der Waals surface area contributed by atoms with E-state index in [9.17, 15) is 18.4 Å². The Kier molecular flexibility index (Phi) is 5.92. The van der Waals surface area contributed by atoms with Crippen LogP contribution in [0.15, 0.2) is 36.5 Å². The second-order valence-electron chi connectivity index (χ2n) is 7.78. The molecule has 1 aromatic carbocycles. The maximum absolute atomic E-state index is 13.8. The van der Waals surface area contributed by atoms with E-state index in [2.05, 4.69) is 15.2 Å². The summed E-state index contributed by atoms with van der Waals surface area (Å²) in [6, 6.07) is 6.64. The van der Waals surface area contributed by atoms with Gasteiger partial charge in [0.1, 0.15) is 17.5 Å². The van der Waals surface area contributed by atoms with Crippen LogP contribution < -0.4 is 10.2 Å². The average molecular weight is 414 g/mol. The first-order valence-corrected chi connectivity index (χ1v) is 10.3. The molecule has 2 fully saturated rings. The Labute approximate surface area is 173 Å². The van der Waals surface area contributed by atoms with E-state index in [1.807, 2.05) is 11.0 Å². The molecule has 0 atom stereocenters. The van der Waals surface area contributed by atoms with Crippen LogP contribution in [0.2, 0.25) is 0 Å². The average Bonchev–Trinajstić information content (AvgIpc) is 3.30. The van der Waals surface area contributed by atoms with Crippen LogP contribution in [0.4, 0.5) is 20.3 Å². The van der Waals surface area contributed by atoms with Gasteiger partial charge >= 0.3 is 0 Å². The first-order chi connectivity index (χ1) is 14.5. The molecule has 4 rings (SSSR count). The summed E-state index contributed by atoms with van der Waals surface area (Å²) < 4.78 is 26.8. The lowest BCUT2D eigenvalue weighted by atomic mass is 9.95. The molecule has 0 unspecified atom stereocenters. The summed E-state index contributed by atoms with van der Waals surface area (Å²) in [6.45, 7) is 2.81. The number of carbonyl (C=O) groups excluding carboxylic acids is 2. The number of nitrogens with zero attached hydrogens (tertiary/aromatic N) is 3. The van der Waals surface area contributed by atoms with E-state index in [1.54, 1.807) is 12.3 Å². The van der Waals surface area contributed by atoms with Crippen molar-refractivity contribution in [2.24, 2.45) is 5.92 Å². The fourth-order valence-corrected chi connectivity index (χ4v) is 4.02. The zero-order valence-electron chi connectivity index (χ0n) is 16.6. The molecule has 158 valence electrons. The van der Waals surface area contributed by atoms with Crippen molar-refractivity contribution in [2.45, 2.75) is 25.7 Å². The number of pyridine rings is 1. The SMILES string of the molecule is O=C(Nc1ccc(F)cc1F)C1CCN(c2cc(C(=O)N3CCCC3)ccn2)CC1. The normalized spacial score (nSPS) is 17.3. The number of hydrogen-bond acceptors (Lipinski definition) is 4. The molecule has 2 saturated heterocycles. The van der Waals surface area contributed by atoms with Gasteiger partial charge in [0.15, 0.2) is 0 Å². The van der Waals surface area contributed by atoms with Gasteiger partial charge in [-0.15, -0.1) is 0 Å². The van der Waals surface area contributed by atoms with Gasteiger partial charge in [-0.1, -0.05) is 0 Å². The predicted octanol–water partition coefficient (Wildman–Crippen LogP) is 3.45. The van der Waals surface area contributed by atoms with E-state index in [0.717, 1.165) is 43.9 Å². The molecule has 0 saturated carbocycles. The second-order valence-corrected chi connectivity index (χ2v) is 7.78. The van der Waals surface area contributed by atoms with Gasteiger partial charge in [0.05, 0.1) is 5.69 Å². The summed E-state index contributed by atoms with van der Waals surface area (Å²) in [5.74, 6) is -1.25. The number of carbonyl (C=O) groups is 2. The summed E-state index contributed by atoms with van der Waals surface area (Å²) >= 11 is 0. The molecule has 2 aromatic rings. The monoisotopic (exact) mass is 414 g/mol. The van der Waals surface area contributed by atoms with Crippen molar-refractivity contribution in [3.63, 3.8) is 0 Å². The van der Waals surface area contributed by atoms with E-state index < -0.39 is 11.6 Å². The summed E-state index contributed by atoms with van der Waals surface area (Å²) in [5, 5.41) is 2.55. The highest BCUT2D eigenvalue weighted by atomic mass is 19.1. The first-order valence-electron chi connectivity index (χ1n) is 10.3. The van der Waals surface area contributed by atoms with Crippen LogP contribution in [0.1, 0.15) is 36.0 Å². The van der Waals surface area contributed by atoms with Gasteiger partial charge in [-0.25, -0.2) is 13.8 Å². The molecule has 2 aliphatic rings. The third-order valence-corrected chi connectivity index (χ3v) is 5.76. The van der Waals surface area contributed by atoms with Crippen molar-refractivity contribution in [2.75, 3.05) is 36.4 Å². The number of piperidine rings is 1. The molecular formula is C22H24F2N4O2. The number of aromatic nitrogens is 1. The third kappa shape index (κ3) is 4.42. The fourth-order valence-electron chi connectivity index (χ4n) is 4.02. The summed E-state index contributed by atoms with van der Waals surface area (Å²) in [7, 11) is 0. The minimum absolute atomic E-state index is 0.0152. The number of rotatable bonds is 4. The first kappa shape index (κ1) is 20.3. The van der Waals surface area contributed by atoms with Gasteiger partial charge in [-0.05, 0) is 49.9 Å². The minimum atomic E-state index is -0.788. The zero-order chi connectivity index (χ0) is 21.1. The number of amides is 2. The van der Waals surface area contributed by atoms with Crippen LogP contribution in [0.5, 0.6) is 0 Å². The maximum atomic E-state index is 13.8. The summed E-state index contributed by atoms with van der Waals surface area (Å²) in [4.78, 5) is 33.4. The maximum Gasteiger partial charge on any atom is 0.254 e. The molecule has 2 aliphatic heterocycles. The number of halogens is 2. The van der Waals surface area contributed by atoms with Crippen molar-refractivity contribution in [1.29, 1.82) is 0 Å². The molecule has 0 aliphatic carbocycles. The molecule has 1 N–H and O–H groups in total. The zero-order valence-corrected chi connectivity index (χ0v) is 16.6. The van der Waals surface area contributed by atoms with Gasteiger partial charge in [0.25, 0.3) is 5.91 Å². The van der Waals surface area contributed by atoms with Crippen LogP contribution >= 0.6 is 0 Å². The van der Waals surface area contributed by atoms with Gasteiger partial charge in [-0.3, -0.25) is 9.59 Å². The van der Waals surface area contributed by atoms with E-state index in [-0.39, 0.29) is 23.4 Å². The summed E-state index contributed by atoms with van der Waals surface area (Å²) in [6.07, 6.45) is 4.90. The topological polar surface area (TPSA) is 65.5 Å². The molecule has 6 nitrogen and oxygen atoms in total. The van der Waals surface area contributed by atoms with Crippen molar-refractivity contribution in [3.05, 3.63) is 53.7 Å². The Bertz CT molecular complexity index is 938. The van der Waals surface area contributed by atoms with Crippen molar-refractivity contribution >= 4 is 23.3 Å². The van der Waals surface area contributed by atoms with Crippen LogP contribution in [-0.2, 0) is 4.79 Å². The smallest absolute Gasteiger partial charge is 0.254 e. The molecule has 3 heterocycles. The van der Waals surface area contributed by atoms with Crippen molar-refractivity contribution < 1.29 is 18.4 Å². The Morgan fingerprint density at radius 2 is 1.73 bits per heavy atom. The number of anilines is 2. The predicted molar refractivity (Wildman–Crippen MR) is 109 cm³/mol. The van der Waals surface area contributed by atoms with Crippen LogP contribution in [0.25, 0.3) is 0 Å². The highest BCUT2D eigenvalue weighted by molar-refractivity contribution is 5.95. The number of likely N-dealkylation sites (tertiary alicyclic amines) is 1. The Morgan fingerprint density at radius 1 is 1.00 bits per heavy atom. The molecule has 30 heavy (non-hydrogen) atoms. The largest absolute Gasteiger partial charge is 0.357 e. The Hall–Kier alpha value is -3.03. The number of nitrogens with one attached hydrogen (secondary N) is 1. The standard InChI is InChI=1S/C22H24F2N4O2/c23-17-3-4-19(18(24)14-17)26-21(29)15-6-11-27(12-7-15)20-13-16(5-8-25-20)22(30)28-9-1-2-10-28/h3-5,8,13-15H,1-2,6-7,9-12H2,(H,26,29). The molecular weight excluding hydrogens is 390 g/mol. The van der Waals surface area contributed by atoms with E-state index in [4.69, 9.17) is 0 Å². The van der Waals surface area contributed by atoms with E-state index in [0.29, 0.717) is 31.5 Å². The van der Waals surface area contributed by atoms with Crippen molar-refractivity contribution in [1.82, 2.24) is 9.88 Å². The minimum Gasteiger partial charge on any atom is -0.357 e. The van der Waals surface area contributed by atoms with Gasteiger partial charge in [0.2, 0.25) is 5.91 Å². The quantitative estimate of drug-likeness (QED) is 0.832. The lowest BCUT2D eigenvalue weighted by molar-refractivity contribution is -0.120. The molecule has 8 heteroatoms. The van der Waals surface area contributed by atoms with E-state index >= 15 is 0 Å². The second kappa shape index (κ2) is 8.77. The van der Waals surface area contributed by atoms with Crippen LogP contribution in [0, 0.1) is 17.6 Å². The molecule has 2 amide bonds. The molecule has 1 aromatic heterocycles. The fraction of sp³-hybridized carbons (Fsp3) is 0.409. The Morgan fingerprint density at radius 3 is 2.43 bits per heavy atom. The van der Waals surface area contributed by atoms with Crippen LogP contribution in [-0.4, -0.2) is 47.9 Å². The third-order valence-electron chi connectivity index (χ3n) is 5.76. The Balaban J connectivity index is 1.35. The summed E-state index contributed by atoms with van der Waals surface area (Å²) in [5.41, 5.74) is 0.618. The van der Waals surface area contributed by atoms with Gasteiger partial charge in [0, 0.05) is 49.9 Å². The lowest BCUT2D eigenvalue weighted by Crippen LogP contribution is -2.38.